The van der Waals surface area contributed by atoms with Crippen LogP contribution in [0.5, 0.6) is 0 Å². The van der Waals surface area contributed by atoms with E-state index in [9.17, 15) is 4.79 Å². The maximum atomic E-state index is 12.0. The largest absolute Gasteiger partial charge is 0.328 e. The smallest absolute Gasteiger partial charge is 0.245 e. The molecule has 0 aliphatic heterocycles. The summed E-state index contributed by atoms with van der Waals surface area (Å²) in [5.74, 6) is 0.614. The Bertz CT molecular complexity index is 618. The number of aromatic nitrogens is 4. The predicted molar refractivity (Wildman–Crippen MR) is 77.5 cm³/mol. The van der Waals surface area contributed by atoms with Crippen LogP contribution < -0.4 is 5.32 Å². The Morgan fingerprint density at radius 1 is 1.40 bits per heavy atom. The molecule has 0 unspecified atom stereocenters. The van der Waals surface area contributed by atoms with Gasteiger partial charge in [-0.3, -0.25) is 9.48 Å². The van der Waals surface area contributed by atoms with Crippen LogP contribution in [0.25, 0.3) is 0 Å². The van der Waals surface area contributed by atoms with Crippen LogP contribution in [0.2, 0.25) is 0 Å². The minimum absolute atomic E-state index is 0.0395. The first-order valence-electron chi connectivity index (χ1n) is 6.58. The summed E-state index contributed by atoms with van der Waals surface area (Å²) in [6.07, 6.45) is 3.49. The normalized spacial score (nSPS) is 11.7. The van der Waals surface area contributed by atoms with E-state index in [-0.39, 0.29) is 17.9 Å². The molecule has 0 spiro atoms. The van der Waals surface area contributed by atoms with Crippen LogP contribution in [0.1, 0.15) is 32.2 Å². The summed E-state index contributed by atoms with van der Waals surface area (Å²) >= 11 is 0. The average Bonchev–Trinajstić information content (AvgIpc) is 2.86. The highest BCUT2D eigenvalue weighted by Crippen LogP contribution is 2.23. The molecule has 2 aromatic rings. The lowest BCUT2D eigenvalue weighted by atomic mass is 9.92. The molecule has 6 heteroatoms. The topological polar surface area (TPSA) is 64.7 Å². The van der Waals surface area contributed by atoms with Gasteiger partial charge in [0.25, 0.3) is 0 Å². The minimum atomic E-state index is -0.0918. The van der Waals surface area contributed by atoms with Gasteiger partial charge in [0, 0.05) is 24.7 Å². The molecule has 20 heavy (non-hydrogen) atoms. The number of nitrogens with one attached hydrogen (secondary N) is 1. The maximum Gasteiger partial charge on any atom is 0.245 e. The Hall–Kier alpha value is -2.11. The van der Waals surface area contributed by atoms with Crippen LogP contribution in [-0.4, -0.2) is 25.2 Å². The van der Waals surface area contributed by atoms with Crippen molar-refractivity contribution >= 4 is 11.7 Å². The van der Waals surface area contributed by atoms with E-state index in [2.05, 4.69) is 36.2 Å². The standard InChI is InChI=1S/C14H21N5O/c1-10-7-19(9-15-10)8-13(20)16-12-6-11(14(2,3)4)17-18(12)5/h6-7,9H,8H2,1-5H3,(H,16,20). The Kier molecular flexibility index (Phi) is 3.65. The summed E-state index contributed by atoms with van der Waals surface area (Å²) in [6, 6.07) is 1.91. The molecule has 0 fully saturated rings. The van der Waals surface area contributed by atoms with E-state index in [1.807, 2.05) is 26.2 Å². The van der Waals surface area contributed by atoms with Crippen LogP contribution in [0.4, 0.5) is 5.82 Å². The fourth-order valence-corrected chi connectivity index (χ4v) is 1.86. The lowest BCUT2D eigenvalue weighted by molar-refractivity contribution is -0.116. The highest BCUT2D eigenvalue weighted by atomic mass is 16.2. The molecule has 0 saturated carbocycles. The van der Waals surface area contributed by atoms with Gasteiger partial charge in [-0.15, -0.1) is 0 Å². The molecule has 2 aromatic heterocycles. The van der Waals surface area contributed by atoms with E-state index in [1.165, 1.54) is 0 Å². The first-order chi connectivity index (χ1) is 9.25. The molecular formula is C14H21N5O. The minimum Gasteiger partial charge on any atom is -0.328 e. The third kappa shape index (κ3) is 3.26. The molecule has 1 N–H and O–H groups in total. The zero-order valence-electron chi connectivity index (χ0n) is 12.6. The number of carbonyl (C=O) groups is 1. The molecular weight excluding hydrogens is 254 g/mol. The van der Waals surface area contributed by atoms with Crippen molar-refractivity contribution < 1.29 is 4.79 Å². The molecule has 0 atom stereocenters. The summed E-state index contributed by atoms with van der Waals surface area (Å²) in [5.41, 5.74) is 1.81. The molecule has 1 amide bonds. The zero-order chi connectivity index (χ0) is 14.9. The summed E-state index contributed by atoms with van der Waals surface area (Å²) in [6.45, 7) is 8.42. The number of imidazole rings is 1. The van der Waals surface area contributed by atoms with E-state index in [0.717, 1.165) is 11.4 Å². The SMILES string of the molecule is Cc1cn(CC(=O)Nc2cc(C(C)(C)C)nn2C)cn1. The van der Waals surface area contributed by atoms with Crippen molar-refractivity contribution in [3.05, 3.63) is 30.0 Å². The van der Waals surface area contributed by atoms with Crippen molar-refractivity contribution in [2.75, 3.05) is 5.32 Å². The van der Waals surface area contributed by atoms with Crippen LogP contribution in [0, 0.1) is 6.92 Å². The molecule has 0 aliphatic rings. The lowest BCUT2D eigenvalue weighted by Gasteiger charge is -2.13. The molecule has 0 saturated heterocycles. The Morgan fingerprint density at radius 3 is 2.60 bits per heavy atom. The van der Waals surface area contributed by atoms with Gasteiger partial charge in [0.2, 0.25) is 5.91 Å². The van der Waals surface area contributed by atoms with Gasteiger partial charge in [-0.2, -0.15) is 5.10 Å². The van der Waals surface area contributed by atoms with E-state index >= 15 is 0 Å². The maximum absolute atomic E-state index is 12.0. The number of rotatable bonds is 3. The van der Waals surface area contributed by atoms with Crippen molar-refractivity contribution in [3.63, 3.8) is 0 Å². The number of carbonyl (C=O) groups excluding carboxylic acids is 1. The van der Waals surface area contributed by atoms with Crippen LogP contribution in [0.15, 0.2) is 18.6 Å². The fourth-order valence-electron chi connectivity index (χ4n) is 1.86. The number of anilines is 1. The van der Waals surface area contributed by atoms with E-state index in [0.29, 0.717) is 5.82 Å². The molecule has 2 heterocycles. The Balaban J connectivity index is 2.06. The second kappa shape index (κ2) is 5.11. The second-order valence-corrected chi connectivity index (χ2v) is 6.02. The summed E-state index contributed by atoms with van der Waals surface area (Å²) in [5, 5.41) is 7.30. The monoisotopic (exact) mass is 275 g/mol. The van der Waals surface area contributed by atoms with Crippen molar-refractivity contribution in [1.29, 1.82) is 0 Å². The number of hydrogen-bond acceptors (Lipinski definition) is 3. The highest BCUT2D eigenvalue weighted by molar-refractivity contribution is 5.89. The van der Waals surface area contributed by atoms with Crippen LogP contribution >= 0.6 is 0 Å². The summed E-state index contributed by atoms with van der Waals surface area (Å²) in [4.78, 5) is 16.1. The van der Waals surface area contributed by atoms with E-state index < -0.39 is 0 Å². The van der Waals surface area contributed by atoms with Gasteiger partial charge in [0.15, 0.2) is 0 Å². The van der Waals surface area contributed by atoms with Crippen molar-refractivity contribution in [2.45, 2.75) is 39.7 Å². The number of nitrogens with zero attached hydrogens (tertiary/aromatic N) is 4. The van der Waals surface area contributed by atoms with Crippen molar-refractivity contribution in [1.82, 2.24) is 19.3 Å². The molecule has 0 aromatic carbocycles. The quantitative estimate of drug-likeness (QED) is 0.930. The van der Waals surface area contributed by atoms with Gasteiger partial charge in [0.05, 0.1) is 17.7 Å². The predicted octanol–water partition coefficient (Wildman–Crippen LogP) is 1.86. The number of amides is 1. The average molecular weight is 275 g/mol. The molecule has 0 bridgehead atoms. The first-order valence-corrected chi connectivity index (χ1v) is 6.58. The van der Waals surface area contributed by atoms with Gasteiger partial charge < -0.3 is 9.88 Å². The summed E-state index contributed by atoms with van der Waals surface area (Å²) < 4.78 is 3.45. The molecule has 0 aliphatic carbocycles. The van der Waals surface area contributed by atoms with Crippen LogP contribution in [-0.2, 0) is 23.8 Å². The molecule has 2 rings (SSSR count). The number of hydrogen-bond donors (Lipinski definition) is 1. The first kappa shape index (κ1) is 14.3. The Labute approximate surface area is 118 Å². The molecule has 0 radical (unpaired) electrons. The second-order valence-electron chi connectivity index (χ2n) is 6.02. The molecule has 6 nitrogen and oxygen atoms in total. The van der Waals surface area contributed by atoms with E-state index in [1.54, 1.807) is 15.6 Å². The van der Waals surface area contributed by atoms with Crippen molar-refractivity contribution in [2.24, 2.45) is 7.05 Å². The van der Waals surface area contributed by atoms with Crippen molar-refractivity contribution in [3.8, 4) is 0 Å². The van der Waals surface area contributed by atoms with E-state index in [4.69, 9.17) is 0 Å². The third-order valence-electron chi connectivity index (χ3n) is 3.00. The van der Waals surface area contributed by atoms with Gasteiger partial charge in [-0.1, -0.05) is 20.8 Å². The third-order valence-corrected chi connectivity index (χ3v) is 3.00. The highest BCUT2D eigenvalue weighted by Gasteiger charge is 2.19. The fraction of sp³-hybridized carbons (Fsp3) is 0.500. The van der Waals surface area contributed by atoms with Gasteiger partial charge in [0.1, 0.15) is 12.4 Å². The van der Waals surface area contributed by atoms with Crippen LogP contribution in [0.3, 0.4) is 0 Å². The van der Waals surface area contributed by atoms with Gasteiger partial charge in [-0.25, -0.2) is 4.98 Å². The van der Waals surface area contributed by atoms with Gasteiger partial charge >= 0.3 is 0 Å². The number of aryl methyl sites for hydroxylation is 2. The lowest BCUT2D eigenvalue weighted by Crippen LogP contribution is -2.19. The summed E-state index contributed by atoms with van der Waals surface area (Å²) in [7, 11) is 1.83. The Morgan fingerprint density at radius 2 is 2.10 bits per heavy atom. The zero-order valence-corrected chi connectivity index (χ0v) is 12.6. The molecule has 108 valence electrons. The van der Waals surface area contributed by atoms with Gasteiger partial charge in [-0.05, 0) is 6.92 Å².